The number of ether oxygens (including phenoxy) is 1. The number of aryl methyl sites for hydroxylation is 1. The number of hydrogen-bond acceptors (Lipinski definition) is 3. The van der Waals surface area contributed by atoms with Gasteiger partial charge in [0, 0.05) is 5.56 Å². The van der Waals surface area contributed by atoms with E-state index in [-0.39, 0.29) is 5.69 Å². The highest BCUT2D eigenvalue weighted by molar-refractivity contribution is 6.33. The Labute approximate surface area is 165 Å². The zero-order chi connectivity index (χ0) is 19.7. The molecule has 0 radical (unpaired) electrons. The predicted molar refractivity (Wildman–Crippen MR) is 107 cm³/mol. The molecule has 4 aromatic rings. The Bertz CT molecular complexity index is 1180. The molecule has 140 valence electrons. The average molecular weight is 396 g/mol. The molecule has 1 amide bonds. The van der Waals surface area contributed by atoms with Crippen molar-refractivity contribution in [3.63, 3.8) is 0 Å². The predicted octanol–water partition coefficient (Wildman–Crippen LogP) is 5.94. The standard InChI is InChI=1S/C21H15ClFN3O2/c1-12-24-18-8-7-13(9-20(18)25-12)15-10-17(23)19(11-16(15)22)26-21(27)28-14-5-3-2-4-6-14/h2-11H,1H3,(H,24,25)(H,26,27). The molecule has 7 heteroatoms. The van der Waals surface area contributed by atoms with Gasteiger partial charge in [0.15, 0.2) is 0 Å². The SMILES string of the molecule is Cc1nc2ccc(-c3cc(F)c(NC(=O)Oc4ccccc4)cc3Cl)cc2[nH]1. The topological polar surface area (TPSA) is 67.0 Å². The first-order chi connectivity index (χ1) is 13.5. The van der Waals surface area contributed by atoms with E-state index in [1.54, 1.807) is 30.3 Å². The highest BCUT2D eigenvalue weighted by Crippen LogP contribution is 2.33. The van der Waals surface area contributed by atoms with Gasteiger partial charge in [0.1, 0.15) is 17.4 Å². The normalized spacial score (nSPS) is 10.8. The maximum Gasteiger partial charge on any atom is 0.417 e. The Morgan fingerprint density at radius 1 is 1.14 bits per heavy atom. The number of amides is 1. The molecule has 1 heterocycles. The molecule has 0 unspecified atom stereocenters. The van der Waals surface area contributed by atoms with E-state index in [9.17, 15) is 9.18 Å². The van der Waals surface area contributed by atoms with Crippen molar-refractivity contribution in [1.29, 1.82) is 0 Å². The molecule has 2 N–H and O–H groups in total. The lowest BCUT2D eigenvalue weighted by atomic mass is 10.0. The van der Waals surface area contributed by atoms with Crippen LogP contribution in [-0.2, 0) is 0 Å². The summed E-state index contributed by atoms with van der Waals surface area (Å²) in [6.07, 6.45) is -0.803. The lowest BCUT2D eigenvalue weighted by molar-refractivity contribution is 0.215. The van der Waals surface area contributed by atoms with Gasteiger partial charge in [-0.15, -0.1) is 0 Å². The number of aromatic amines is 1. The van der Waals surface area contributed by atoms with Crippen LogP contribution in [0, 0.1) is 12.7 Å². The number of carbonyl (C=O) groups excluding carboxylic acids is 1. The third-order valence-corrected chi connectivity index (χ3v) is 4.47. The summed E-state index contributed by atoms with van der Waals surface area (Å²) < 4.78 is 19.7. The Morgan fingerprint density at radius 2 is 1.93 bits per heavy atom. The summed E-state index contributed by atoms with van der Waals surface area (Å²) in [5, 5.41) is 2.67. The molecule has 0 aliphatic carbocycles. The first-order valence-corrected chi connectivity index (χ1v) is 8.87. The van der Waals surface area contributed by atoms with Gasteiger partial charge in [-0.25, -0.2) is 14.2 Å². The smallest absolute Gasteiger partial charge is 0.410 e. The Hall–Kier alpha value is -3.38. The van der Waals surface area contributed by atoms with E-state index < -0.39 is 11.9 Å². The highest BCUT2D eigenvalue weighted by atomic mass is 35.5. The van der Waals surface area contributed by atoms with Crippen molar-refractivity contribution in [1.82, 2.24) is 9.97 Å². The number of rotatable bonds is 3. The summed E-state index contributed by atoms with van der Waals surface area (Å²) >= 11 is 6.35. The summed E-state index contributed by atoms with van der Waals surface area (Å²) in [5.74, 6) is 0.525. The summed E-state index contributed by atoms with van der Waals surface area (Å²) in [6.45, 7) is 1.86. The maximum atomic E-state index is 14.6. The number of benzene rings is 3. The molecule has 1 aromatic heterocycles. The molecule has 0 saturated heterocycles. The van der Waals surface area contributed by atoms with Crippen LogP contribution in [0.5, 0.6) is 5.75 Å². The second-order valence-electron chi connectivity index (χ2n) is 6.19. The minimum Gasteiger partial charge on any atom is -0.410 e. The van der Waals surface area contributed by atoms with Crippen molar-refractivity contribution in [2.24, 2.45) is 0 Å². The maximum absolute atomic E-state index is 14.6. The molecule has 4 rings (SSSR count). The van der Waals surface area contributed by atoms with Crippen molar-refractivity contribution in [3.8, 4) is 16.9 Å². The Balaban J connectivity index is 1.59. The van der Waals surface area contributed by atoms with Crippen molar-refractivity contribution >= 4 is 34.4 Å². The fraction of sp³-hybridized carbons (Fsp3) is 0.0476. The minimum absolute atomic E-state index is 0.0619. The number of carbonyl (C=O) groups is 1. The second kappa shape index (κ2) is 7.32. The number of aromatic nitrogens is 2. The van der Waals surface area contributed by atoms with E-state index in [0.29, 0.717) is 16.3 Å². The third kappa shape index (κ3) is 3.68. The van der Waals surface area contributed by atoms with Crippen molar-refractivity contribution < 1.29 is 13.9 Å². The van der Waals surface area contributed by atoms with Gasteiger partial charge in [-0.1, -0.05) is 35.9 Å². The summed E-state index contributed by atoms with van der Waals surface area (Å²) in [5.41, 5.74) is 2.84. The van der Waals surface area contributed by atoms with Crippen molar-refractivity contribution in [3.05, 3.63) is 77.3 Å². The number of fused-ring (bicyclic) bond motifs is 1. The number of hydrogen-bond donors (Lipinski definition) is 2. The van der Waals surface area contributed by atoms with Gasteiger partial charge in [0.25, 0.3) is 0 Å². The molecule has 28 heavy (non-hydrogen) atoms. The van der Waals surface area contributed by atoms with Gasteiger partial charge < -0.3 is 9.72 Å². The summed E-state index contributed by atoms with van der Waals surface area (Å²) in [7, 11) is 0. The fourth-order valence-electron chi connectivity index (χ4n) is 2.90. The van der Waals surface area contributed by atoms with Crippen LogP contribution in [0.15, 0.2) is 60.7 Å². The number of nitrogens with one attached hydrogen (secondary N) is 2. The molecule has 0 spiro atoms. The largest absolute Gasteiger partial charge is 0.417 e. The molecule has 0 aliphatic rings. The number of nitrogens with zero attached hydrogens (tertiary/aromatic N) is 1. The van der Waals surface area contributed by atoms with Gasteiger partial charge in [-0.3, -0.25) is 5.32 Å². The lowest BCUT2D eigenvalue weighted by Gasteiger charge is -2.11. The summed E-state index contributed by atoms with van der Waals surface area (Å²) in [6, 6.07) is 16.7. The molecule has 5 nitrogen and oxygen atoms in total. The van der Waals surface area contributed by atoms with E-state index in [1.165, 1.54) is 12.1 Å². The number of halogens is 2. The highest BCUT2D eigenvalue weighted by Gasteiger charge is 2.14. The Morgan fingerprint density at radius 3 is 2.71 bits per heavy atom. The first kappa shape index (κ1) is 18.0. The van der Waals surface area contributed by atoms with E-state index in [0.717, 1.165) is 22.4 Å². The molecular formula is C21H15ClFN3O2. The molecule has 0 bridgehead atoms. The van der Waals surface area contributed by atoms with Gasteiger partial charge in [-0.2, -0.15) is 0 Å². The first-order valence-electron chi connectivity index (χ1n) is 8.49. The minimum atomic E-state index is -0.803. The molecule has 0 atom stereocenters. The zero-order valence-electron chi connectivity index (χ0n) is 14.8. The second-order valence-corrected chi connectivity index (χ2v) is 6.60. The number of para-hydroxylation sites is 1. The molecule has 0 saturated carbocycles. The van der Waals surface area contributed by atoms with Gasteiger partial charge in [0.2, 0.25) is 0 Å². The molecule has 3 aromatic carbocycles. The van der Waals surface area contributed by atoms with Crippen LogP contribution >= 0.6 is 11.6 Å². The van der Waals surface area contributed by atoms with Crippen LogP contribution in [0.4, 0.5) is 14.9 Å². The number of H-pyrrole nitrogens is 1. The summed E-state index contributed by atoms with van der Waals surface area (Å²) in [4.78, 5) is 19.5. The van der Waals surface area contributed by atoms with Crippen LogP contribution in [0.25, 0.3) is 22.2 Å². The van der Waals surface area contributed by atoms with Gasteiger partial charge in [-0.05, 0) is 48.9 Å². The van der Waals surface area contributed by atoms with Gasteiger partial charge >= 0.3 is 6.09 Å². The van der Waals surface area contributed by atoms with E-state index in [4.69, 9.17) is 16.3 Å². The number of imidazole rings is 1. The fourth-order valence-corrected chi connectivity index (χ4v) is 3.17. The van der Waals surface area contributed by atoms with Crippen LogP contribution in [-0.4, -0.2) is 16.1 Å². The van der Waals surface area contributed by atoms with Crippen LogP contribution in [0.1, 0.15) is 5.82 Å². The van der Waals surface area contributed by atoms with E-state index in [1.807, 2.05) is 25.1 Å². The molecular weight excluding hydrogens is 381 g/mol. The van der Waals surface area contributed by atoms with Crippen molar-refractivity contribution in [2.75, 3.05) is 5.32 Å². The average Bonchev–Trinajstić information content (AvgIpc) is 3.04. The third-order valence-electron chi connectivity index (χ3n) is 4.16. The lowest BCUT2D eigenvalue weighted by Crippen LogP contribution is -2.17. The monoisotopic (exact) mass is 395 g/mol. The van der Waals surface area contributed by atoms with Crippen LogP contribution < -0.4 is 10.1 Å². The number of anilines is 1. The Kier molecular flexibility index (Phi) is 4.71. The van der Waals surface area contributed by atoms with E-state index in [2.05, 4.69) is 15.3 Å². The van der Waals surface area contributed by atoms with Gasteiger partial charge in [0.05, 0.1) is 21.7 Å². The van der Waals surface area contributed by atoms with Crippen LogP contribution in [0.3, 0.4) is 0 Å². The van der Waals surface area contributed by atoms with Crippen molar-refractivity contribution in [2.45, 2.75) is 6.92 Å². The quantitative estimate of drug-likeness (QED) is 0.451. The molecule has 0 aliphatic heterocycles. The zero-order valence-corrected chi connectivity index (χ0v) is 15.5. The molecule has 0 fully saturated rings. The van der Waals surface area contributed by atoms with Crippen LogP contribution in [0.2, 0.25) is 5.02 Å². The van der Waals surface area contributed by atoms with E-state index >= 15 is 0 Å².